The molecular weight excluding hydrogens is 376 g/mol. The van der Waals surface area contributed by atoms with Gasteiger partial charge in [-0.3, -0.25) is 19.5 Å². The molecule has 3 aromatic rings. The molecule has 6 nitrogen and oxygen atoms in total. The van der Waals surface area contributed by atoms with Gasteiger partial charge in [-0.15, -0.1) is 0 Å². The predicted octanol–water partition coefficient (Wildman–Crippen LogP) is 2.20. The molecule has 0 saturated carbocycles. The highest BCUT2D eigenvalue weighted by Gasteiger charge is 2.11. The fraction of sp³-hybridized carbons (Fsp3) is 0.118. The van der Waals surface area contributed by atoms with Gasteiger partial charge in [0.05, 0.1) is 10.8 Å². The summed E-state index contributed by atoms with van der Waals surface area (Å²) in [6.07, 6.45) is 0. The Labute approximate surface area is 144 Å². The zero-order valence-corrected chi connectivity index (χ0v) is 14.1. The van der Waals surface area contributed by atoms with Gasteiger partial charge in [-0.2, -0.15) is 0 Å². The molecule has 0 aliphatic rings. The van der Waals surface area contributed by atoms with Gasteiger partial charge in [-0.25, -0.2) is 4.68 Å². The van der Waals surface area contributed by atoms with Crippen LogP contribution in [0, 0.1) is 0 Å². The number of benzene rings is 2. The summed E-state index contributed by atoms with van der Waals surface area (Å²) in [5.41, 5.74) is -0.0583. The zero-order chi connectivity index (χ0) is 17.1. The summed E-state index contributed by atoms with van der Waals surface area (Å²) in [5.74, 6) is -0.612. The van der Waals surface area contributed by atoms with E-state index in [4.69, 9.17) is 4.74 Å². The van der Waals surface area contributed by atoms with Crippen LogP contribution in [0.2, 0.25) is 0 Å². The lowest BCUT2D eigenvalue weighted by atomic mass is 10.2. The Kier molecular flexibility index (Phi) is 4.61. The Morgan fingerprint density at radius 1 is 1.04 bits per heavy atom. The average molecular weight is 389 g/mol. The minimum atomic E-state index is -0.612. The highest BCUT2D eigenvalue weighted by molar-refractivity contribution is 9.10. The molecule has 1 heterocycles. The molecule has 0 atom stereocenters. The van der Waals surface area contributed by atoms with E-state index in [2.05, 4.69) is 21.0 Å². The molecule has 0 amide bonds. The number of nitrogens with zero attached hydrogens (tertiary/aromatic N) is 1. The Balaban J connectivity index is 1.79. The van der Waals surface area contributed by atoms with Crippen molar-refractivity contribution in [2.45, 2.75) is 13.2 Å². The van der Waals surface area contributed by atoms with Crippen molar-refractivity contribution in [2.24, 2.45) is 0 Å². The fourth-order valence-corrected chi connectivity index (χ4v) is 2.71. The van der Waals surface area contributed by atoms with Gasteiger partial charge in [-0.05, 0) is 18.2 Å². The van der Waals surface area contributed by atoms with Crippen LogP contribution in [0.3, 0.4) is 0 Å². The number of esters is 1. The Morgan fingerprint density at radius 3 is 2.46 bits per heavy atom. The van der Waals surface area contributed by atoms with Crippen molar-refractivity contribution in [3.63, 3.8) is 0 Å². The van der Waals surface area contributed by atoms with Crippen molar-refractivity contribution in [3.05, 3.63) is 79.3 Å². The van der Waals surface area contributed by atoms with Crippen molar-refractivity contribution in [1.29, 1.82) is 0 Å². The summed E-state index contributed by atoms with van der Waals surface area (Å²) in [6, 6.07) is 13.8. The summed E-state index contributed by atoms with van der Waals surface area (Å²) in [6.45, 7) is -0.282. The first kappa shape index (κ1) is 16.2. The van der Waals surface area contributed by atoms with Crippen molar-refractivity contribution in [2.75, 3.05) is 0 Å². The number of aromatic nitrogens is 2. The molecule has 0 unspecified atom stereocenters. The van der Waals surface area contributed by atoms with Crippen LogP contribution in [0.5, 0.6) is 0 Å². The monoisotopic (exact) mass is 388 g/mol. The fourth-order valence-electron chi connectivity index (χ4n) is 2.31. The summed E-state index contributed by atoms with van der Waals surface area (Å²) in [4.78, 5) is 36.3. The normalized spacial score (nSPS) is 10.7. The highest BCUT2D eigenvalue weighted by Crippen LogP contribution is 2.16. The number of carbonyl (C=O) groups excluding carboxylic acids is 1. The molecular formula is C17H13BrN2O4. The van der Waals surface area contributed by atoms with Crippen molar-refractivity contribution >= 4 is 32.7 Å². The van der Waals surface area contributed by atoms with Gasteiger partial charge in [0, 0.05) is 10.0 Å². The van der Waals surface area contributed by atoms with Gasteiger partial charge < -0.3 is 4.74 Å². The maximum Gasteiger partial charge on any atom is 0.328 e. The quantitative estimate of drug-likeness (QED) is 0.694. The summed E-state index contributed by atoms with van der Waals surface area (Å²) in [5, 5.41) is 2.95. The second-order valence-corrected chi connectivity index (χ2v) is 5.98. The van der Waals surface area contributed by atoms with Crippen molar-refractivity contribution in [3.8, 4) is 0 Å². The minimum absolute atomic E-state index is 0.0762. The van der Waals surface area contributed by atoms with E-state index in [9.17, 15) is 14.4 Å². The van der Waals surface area contributed by atoms with E-state index < -0.39 is 17.1 Å². The Bertz CT molecular complexity index is 1020. The van der Waals surface area contributed by atoms with Crippen molar-refractivity contribution < 1.29 is 9.53 Å². The van der Waals surface area contributed by atoms with Crippen LogP contribution >= 0.6 is 15.9 Å². The third-order valence-electron chi connectivity index (χ3n) is 3.52. The number of fused-ring (bicyclic) bond motifs is 1. The first-order valence-electron chi connectivity index (χ1n) is 7.17. The SMILES string of the molecule is O=C(Cn1[nH]c(=O)c2ccccc2c1=O)OCc1ccccc1Br. The van der Waals surface area contributed by atoms with Crippen LogP contribution in [0.4, 0.5) is 0 Å². The molecule has 0 aliphatic heterocycles. The maximum absolute atomic E-state index is 12.3. The molecule has 0 spiro atoms. The molecule has 1 N–H and O–H groups in total. The Morgan fingerprint density at radius 2 is 1.71 bits per heavy atom. The molecule has 2 aromatic carbocycles. The highest BCUT2D eigenvalue weighted by atomic mass is 79.9. The number of hydrogen-bond acceptors (Lipinski definition) is 4. The van der Waals surface area contributed by atoms with Crippen LogP contribution in [-0.4, -0.2) is 15.7 Å². The third kappa shape index (κ3) is 3.30. The summed E-state index contributed by atoms with van der Waals surface area (Å²) < 4.78 is 6.96. The molecule has 7 heteroatoms. The van der Waals surface area contributed by atoms with E-state index in [0.717, 1.165) is 14.7 Å². The molecule has 0 bridgehead atoms. The molecule has 0 radical (unpaired) electrons. The van der Waals surface area contributed by atoms with Gasteiger partial charge in [0.2, 0.25) is 0 Å². The third-order valence-corrected chi connectivity index (χ3v) is 4.29. The minimum Gasteiger partial charge on any atom is -0.459 e. The maximum atomic E-state index is 12.3. The lowest BCUT2D eigenvalue weighted by Gasteiger charge is -2.09. The number of hydrogen-bond donors (Lipinski definition) is 1. The number of carbonyl (C=O) groups is 1. The smallest absolute Gasteiger partial charge is 0.328 e. The van der Waals surface area contributed by atoms with E-state index in [1.165, 1.54) is 0 Å². The number of ether oxygens (including phenoxy) is 1. The summed E-state index contributed by atoms with van der Waals surface area (Å²) in [7, 11) is 0. The van der Waals surface area contributed by atoms with Crippen LogP contribution in [0.15, 0.2) is 62.6 Å². The van der Waals surface area contributed by atoms with Crippen LogP contribution < -0.4 is 11.1 Å². The lowest BCUT2D eigenvalue weighted by molar-refractivity contribution is -0.146. The molecule has 0 saturated heterocycles. The zero-order valence-electron chi connectivity index (χ0n) is 12.5. The number of nitrogens with one attached hydrogen (secondary N) is 1. The topological polar surface area (TPSA) is 81.2 Å². The van der Waals surface area contributed by atoms with E-state index in [1.807, 2.05) is 24.3 Å². The summed E-state index contributed by atoms with van der Waals surface area (Å²) >= 11 is 3.37. The largest absolute Gasteiger partial charge is 0.459 e. The second-order valence-electron chi connectivity index (χ2n) is 5.13. The number of aromatic amines is 1. The van der Waals surface area contributed by atoms with Crippen LogP contribution in [-0.2, 0) is 22.7 Å². The van der Waals surface area contributed by atoms with Crippen molar-refractivity contribution in [1.82, 2.24) is 9.78 Å². The van der Waals surface area contributed by atoms with E-state index >= 15 is 0 Å². The van der Waals surface area contributed by atoms with E-state index in [1.54, 1.807) is 24.3 Å². The van der Waals surface area contributed by atoms with Crippen LogP contribution in [0.1, 0.15) is 5.56 Å². The number of H-pyrrole nitrogens is 1. The molecule has 24 heavy (non-hydrogen) atoms. The molecule has 0 fully saturated rings. The van der Waals surface area contributed by atoms with Gasteiger partial charge in [0.1, 0.15) is 13.2 Å². The second kappa shape index (κ2) is 6.84. The average Bonchev–Trinajstić information content (AvgIpc) is 2.59. The number of rotatable bonds is 4. The number of halogens is 1. The van der Waals surface area contributed by atoms with E-state index in [-0.39, 0.29) is 18.5 Å². The molecule has 122 valence electrons. The van der Waals surface area contributed by atoms with Gasteiger partial charge in [0.25, 0.3) is 11.1 Å². The molecule has 0 aliphatic carbocycles. The lowest BCUT2D eigenvalue weighted by Crippen LogP contribution is -2.32. The Hall–Kier alpha value is -2.67. The predicted molar refractivity (Wildman–Crippen MR) is 92.8 cm³/mol. The van der Waals surface area contributed by atoms with Gasteiger partial charge in [-0.1, -0.05) is 46.3 Å². The standard InChI is InChI=1S/C17H13BrN2O4/c18-14-8-4-1-5-11(14)10-24-15(21)9-20-17(23)13-7-3-2-6-12(13)16(22)19-20/h1-8H,9-10H2,(H,19,22). The van der Waals surface area contributed by atoms with Gasteiger partial charge in [0.15, 0.2) is 0 Å². The molecule has 1 aromatic heterocycles. The first-order valence-corrected chi connectivity index (χ1v) is 7.96. The van der Waals surface area contributed by atoms with Crippen LogP contribution in [0.25, 0.3) is 10.8 Å². The first-order chi connectivity index (χ1) is 11.6. The van der Waals surface area contributed by atoms with Gasteiger partial charge >= 0.3 is 5.97 Å². The van der Waals surface area contributed by atoms with E-state index in [0.29, 0.717) is 5.39 Å². The molecule has 3 rings (SSSR count).